The van der Waals surface area contributed by atoms with Crippen molar-refractivity contribution in [3.63, 3.8) is 0 Å². The van der Waals surface area contributed by atoms with E-state index in [1.54, 1.807) is 35.2 Å². The van der Waals surface area contributed by atoms with Crippen molar-refractivity contribution in [2.45, 2.75) is 12.1 Å². The molecule has 2 aliphatic heterocycles. The molecule has 2 aliphatic rings. The predicted molar refractivity (Wildman–Crippen MR) is 86.0 cm³/mol. The summed E-state index contributed by atoms with van der Waals surface area (Å²) in [7, 11) is 0. The second-order valence-corrected chi connectivity index (χ2v) is 6.00. The average molecular weight is 321 g/mol. The maximum atomic E-state index is 12.6. The normalized spacial score (nSPS) is 22.3. The highest BCUT2D eigenvalue weighted by Gasteiger charge is 2.50. The van der Waals surface area contributed by atoms with Gasteiger partial charge in [0.05, 0.1) is 6.54 Å². The van der Waals surface area contributed by atoms with Crippen molar-refractivity contribution in [1.82, 2.24) is 15.5 Å². The molecule has 1 atom stereocenters. The third-order valence-corrected chi connectivity index (χ3v) is 4.53. The molecule has 120 valence electrons. The van der Waals surface area contributed by atoms with Crippen molar-refractivity contribution in [2.24, 2.45) is 0 Å². The Morgan fingerprint density at radius 3 is 2.33 bits per heavy atom. The molecule has 4 amide bonds. The summed E-state index contributed by atoms with van der Waals surface area (Å²) in [6.45, 7) is 0.509. The highest BCUT2D eigenvalue weighted by molar-refractivity contribution is 6.08. The Bertz CT molecular complexity index is 850. The molecule has 2 aromatic carbocycles. The minimum atomic E-state index is -1.27. The smallest absolute Gasteiger partial charge is 0.322 e. The number of nitrogens with zero attached hydrogens (tertiary/aromatic N) is 1. The zero-order valence-corrected chi connectivity index (χ0v) is 12.8. The number of nitrogens with one attached hydrogen (secondary N) is 2. The maximum absolute atomic E-state index is 12.6. The number of urea groups is 1. The number of benzene rings is 2. The van der Waals surface area contributed by atoms with E-state index >= 15 is 0 Å². The van der Waals surface area contributed by atoms with Crippen molar-refractivity contribution in [2.75, 3.05) is 6.54 Å². The van der Waals surface area contributed by atoms with Gasteiger partial charge < -0.3 is 10.2 Å². The lowest BCUT2D eigenvalue weighted by Crippen LogP contribution is -2.52. The van der Waals surface area contributed by atoms with Crippen LogP contribution in [0.15, 0.2) is 54.6 Å². The third kappa shape index (κ3) is 2.07. The van der Waals surface area contributed by atoms with Gasteiger partial charge in [0.15, 0.2) is 5.54 Å². The van der Waals surface area contributed by atoms with Gasteiger partial charge in [-0.15, -0.1) is 0 Å². The fourth-order valence-electron chi connectivity index (χ4n) is 3.35. The minimum absolute atomic E-state index is 0.0854. The molecule has 0 saturated carbocycles. The SMILES string of the molecule is O=C1NC(=O)C(CN2Cc3ccccc3C2=O)(c2ccccc2)N1. The van der Waals surface area contributed by atoms with Crippen LogP contribution in [0.2, 0.25) is 0 Å². The minimum Gasteiger partial charge on any atom is -0.331 e. The van der Waals surface area contributed by atoms with E-state index in [4.69, 9.17) is 0 Å². The number of carbonyl (C=O) groups is 3. The number of carbonyl (C=O) groups excluding carboxylic acids is 3. The van der Waals surface area contributed by atoms with Gasteiger partial charge in [-0.3, -0.25) is 14.9 Å². The largest absolute Gasteiger partial charge is 0.331 e. The van der Waals surface area contributed by atoms with Crippen LogP contribution in [0, 0.1) is 0 Å². The summed E-state index contributed by atoms with van der Waals surface area (Å²) in [5, 5.41) is 5.00. The molecule has 6 heteroatoms. The molecule has 2 aromatic rings. The van der Waals surface area contributed by atoms with E-state index in [-0.39, 0.29) is 12.5 Å². The summed E-state index contributed by atoms with van der Waals surface area (Å²) >= 11 is 0. The van der Waals surface area contributed by atoms with Gasteiger partial charge in [-0.1, -0.05) is 48.5 Å². The van der Waals surface area contributed by atoms with Gasteiger partial charge in [0.1, 0.15) is 0 Å². The number of fused-ring (bicyclic) bond motifs is 1. The van der Waals surface area contributed by atoms with Crippen LogP contribution in [0.5, 0.6) is 0 Å². The van der Waals surface area contributed by atoms with Gasteiger partial charge in [0.2, 0.25) is 0 Å². The summed E-state index contributed by atoms with van der Waals surface area (Å²) in [4.78, 5) is 38.5. The van der Waals surface area contributed by atoms with E-state index in [2.05, 4.69) is 10.6 Å². The van der Waals surface area contributed by atoms with E-state index in [9.17, 15) is 14.4 Å². The molecule has 0 bridgehead atoms. The van der Waals surface area contributed by atoms with Crippen molar-refractivity contribution in [3.05, 3.63) is 71.3 Å². The summed E-state index contributed by atoms with van der Waals surface area (Å²) in [5.74, 6) is -0.572. The van der Waals surface area contributed by atoms with Crippen LogP contribution in [0.3, 0.4) is 0 Å². The van der Waals surface area contributed by atoms with Crippen molar-refractivity contribution in [3.8, 4) is 0 Å². The van der Waals surface area contributed by atoms with Gasteiger partial charge in [-0.05, 0) is 17.2 Å². The van der Waals surface area contributed by atoms with Gasteiger partial charge in [0.25, 0.3) is 11.8 Å². The van der Waals surface area contributed by atoms with E-state index in [0.29, 0.717) is 17.7 Å². The first-order valence-corrected chi connectivity index (χ1v) is 7.66. The molecule has 2 N–H and O–H groups in total. The number of rotatable bonds is 3. The maximum Gasteiger partial charge on any atom is 0.322 e. The molecule has 0 aromatic heterocycles. The number of imide groups is 1. The fourth-order valence-corrected chi connectivity index (χ4v) is 3.35. The quantitative estimate of drug-likeness (QED) is 0.838. The van der Waals surface area contributed by atoms with Gasteiger partial charge in [0, 0.05) is 12.1 Å². The molecule has 0 spiro atoms. The molecule has 4 rings (SSSR count). The Morgan fingerprint density at radius 2 is 1.67 bits per heavy atom. The molecular weight excluding hydrogens is 306 g/mol. The molecule has 1 saturated heterocycles. The Balaban J connectivity index is 1.71. The van der Waals surface area contributed by atoms with Crippen LogP contribution in [0.4, 0.5) is 4.79 Å². The van der Waals surface area contributed by atoms with Crippen molar-refractivity contribution < 1.29 is 14.4 Å². The first-order valence-electron chi connectivity index (χ1n) is 7.66. The van der Waals surface area contributed by atoms with Crippen LogP contribution in [-0.4, -0.2) is 29.3 Å². The Kier molecular flexibility index (Phi) is 3.13. The Morgan fingerprint density at radius 1 is 0.958 bits per heavy atom. The molecule has 0 radical (unpaired) electrons. The van der Waals surface area contributed by atoms with E-state index in [1.165, 1.54) is 0 Å². The van der Waals surface area contributed by atoms with Gasteiger partial charge >= 0.3 is 6.03 Å². The van der Waals surface area contributed by atoms with E-state index < -0.39 is 17.5 Å². The monoisotopic (exact) mass is 321 g/mol. The highest BCUT2D eigenvalue weighted by atomic mass is 16.2. The zero-order chi connectivity index (χ0) is 16.7. The number of amides is 4. The van der Waals surface area contributed by atoms with E-state index in [1.807, 2.05) is 24.3 Å². The Hall–Kier alpha value is -3.15. The van der Waals surface area contributed by atoms with Crippen LogP contribution in [0.25, 0.3) is 0 Å². The lowest BCUT2D eigenvalue weighted by Gasteiger charge is -2.31. The van der Waals surface area contributed by atoms with Crippen LogP contribution >= 0.6 is 0 Å². The second kappa shape index (κ2) is 5.19. The van der Waals surface area contributed by atoms with Crippen LogP contribution in [-0.2, 0) is 16.9 Å². The number of hydrogen-bond acceptors (Lipinski definition) is 3. The highest BCUT2D eigenvalue weighted by Crippen LogP contribution is 2.30. The van der Waals surface area contributed by atoms with Crippen molar-refractivity contribution in [1.29, 1.82) is 0 Å². The van der Waals surface area contributed by atoms with Crippen LogP contribution in [0.1, 0.15) is 21.5 Å². The lowest BCUT2D eigenvalue weighted by atomic mass is 9.89. The second-order valence-electron chi connectivity index (χ2n) is 6.00. The summed E-state index contributed by atoms with van der Waals surface area (Å²) in [6, 6.07) is 15.8. The standard InChI is InChI=1S/C18H15N3O3/c22-15-14-9-5-4-6-12(14)10-21(15)11-18(13-7-2-1-3-8-13)16(23)19-17(24)20-18/h1-9H,10-11H2,(H2,19,20,23,24). The van der Waals surface area contributed by atoms with Gasteiger partial charge in [-0.2, -0.15) is 0 Å². The molecule has 6 nitrogen and oxygen atoms in total. The molecule has 24 heavy (non-hydrogen) atoms. The van der Waals surface area contributed by atoms with Crippen molar-refractivity contribution >= 4 is 17.8 Å². The lowest BCUT2D eigenvalue weighted by molar-refractivity contribution is -0.124. The fraction of sp³-hybridized carbons (Fsp3) is 0.167. The molecule has 2 heterocycles. The first-order chi connectivity index (χ1) is 11.6. The number of hydrogen-bond donors (Lipinski definition) is 2. The predicted octanol–water partition coefficient (Wildman–Crippen LogP) is 1.38. The first kappa shape index (κ1) is 14.4. The average Bonchev–Trinajstić information content (AvgIpc) is 3.06. The molecule has 1 unspecified atom stereocenters. The summed E-state index contributed by atoms with van der Waals surface area (Å²) < 4.78 is 0. The Labute approximate surface area is 138 Å². The molecule has 0 aliphatic carbocycles. The summed E-state index contributed by atoms with van der Waals surface area (Å²) in [5.41, 5.74) is 0.953. The van der Waals surface area contributed by atoms with E-state index in [0.717, 1.165) is 5.56 Å². The van der Waals surface area contributed by atoms with Gasteiger partial charge in [-0.25, -0.2) is 4.79 Å². The molecule has 1 fully saturated rings. The third-order valence-electron chi connectivity index (χ3n) is 4.53. The topological polar surface area (TPSA) is 78.5 Å². The zero-order valence-electron chi connectivity index (χ0n) is 12.8. The summed E-state index contributed by atoms with van der Waals surface area (Å²) in [6.07, 6.45) is 0. The molecular formula is C18H15N3O3. The van der Waals surface area contributed by atoms with Crippen LogP contribution < -0.4 is 10.6 Å².